The van der Waals surface area contributed by atoms with Crippen LogP contribution in [0.1, 0.15) is 43.4 Å². The van der Waals surface area contributed by atoms with Crippen molar-refractivity contribution in [3.8, 4) is 0 Å². The topological polar surface area (TPSA) is 26.0 Å². The molecule has 4 aliphatic carbocycles. The Morgan fingerprint density at radius 2 is 1.56 bits per heavy atom. The van der Waals surface area contributed by atoms with E-state index in [1.807, 2.05) is 11.3 Å². The van der Waals surface area contributed by atoms with Crippen LogP contribution >= 0.6 is 11.3 Å². The highest BCUT2D eigenvalue weighted by Crippen LogP contribution is 2.61. The van der Waals surface area contributed by atoms with Gasteiger partial charge in [0.15, 0.2) is 0 Å². The summed E-state index contributed by atoms with van der Waals surface area (Å²) in [5.41, 5.74) is 6.47. The first-order valence-electron chi connectivity index (χ1n) is 6.59. The summed E-state index contributed by atoms with van der Waals surface area (Å²) in [4.78, 5) is 1.60. The van der Waals surface area contributed by atoms with Crippen LogP contribution < -0.4 is 5.73 Å². The van der Waals surface area contributed by atoms with Crippen molar-refractivity contribution in [2.75, 3.05) is 5.73 Å². The molecular formula is C14H19NS. The number of anilines is 1. The minimum Gasteiger partial charge on any atom is -0.391 e. The highest BCUT2D eigenvalue weighted by atomic mass is 32.1. The second-order valence-electron chi connectivity index (χ2n) is 6.40. The number of rotatable bonds is 1. The van der Waals surface area contributed by atoms with Gasteiger partial charge in [-0.3, -0.25) is 0 Å². The van der Waals surface area contributed by atoms with Crippen LogP contribution in [-0.4, -0.2) is 0 Å². The quantitative estimate of drug-likeness (QED) is 0.784. The van der Waals surface area contributed by atoms with E-state index in [9.17, 15) is 0 Å². The van der Waals surface area contributed by atoms with Gasteiger partial charge in [-0.15, -0.1) is 11.3 Å². The average Bonchev–Trinajstić information content (AvgIpc) is 2.63. The second kappa shape index (κ2) is 3.04. The van der Waals surface area contributed by atoms with Crippen molar-refractivity contribution in [3.63, 3.8) is 0 Å². The number of hydrogen-bond donors (Lipinski definition) is 1. The van der Waals surface area contributed by atoms with Crippen molar-refractivity contribution >= 4 is 16.3 Å². The monoisotopic (exact) mass is 233 g/mol. The van der Waals surface area contributed by atoms with Gasteiger partial charge in [0, 0.05) is 10.3 Å². The fourth-order valence-corrected chi connectivity index (χ4v) is 6.04. The molecule has 5 rings (SSSR count). The summed E-state index contributed by atoms with van der Waals surface area (Å²) in [7, 11) is 0. The van der Waals surface area contributed by atoms with Crippen molar-refractivity contribution in [2.24, 2.45) is 17.8 Å². The Bertz CT molecular complexity index is 385. The largest absolute Gasteiger partial charge is 0.391 e. The molecule has 86 valence electrons. The van der Waals surface area contributed by atoms with Gasteiger partial charge in [-0.05, 0) is 68.4 Å². The fraction of sp³-hybridized carbons (Fsp3) is 0.714. The predicted molar refractivity (Wildman–Crippen MR) is 68.6 cm³/mol. The third-order valence-corrected chi connectivity index (χ3v) is 6.35. The molecule has 16 heavy (non-hydrogen) atoms. The number of nitrogens with two attached hydrogens (primary N) is 1. The van der Waals surface area contributed by atoms with Gasteiger partial charge in [-0.2, -0.15) is 0 Å². The lowest BCUT2D eigenvalue weighted by Gasteiger charge is -2.56. The second-order valence-corrected chi connectivity index (χ2v) is 7.52. The molecule has 0 radical (unpaired) electrons. The molecule has 4 aliphatic rings. The van der Waals surface area contributed by atoms with E-state index in [1.54, 1.807) is 4.88 Å². The van der Waals surface area contributed by atoms with E-state index in [0.717, 1.165) is 22.8 Å². The normalized spacial score (nSPS) is 45.1. The molecule has 1 aromatic rings. The zero-order valence-electron chi connectivity index (χ0n) is 9.61. The maximum Gasteiger partial charge on any atom is 0.0859 e. The highest BCUT2D eigenvalue weighted by molar-refractivity contribution is 7.16. The zero-order valence-corrected chi connectivity index (χ0v) is 10.4. The summed E-state index contributed by atoms with van der Waals surface area (Å²) in [6.07, 6.45) is 8.96. The number of thiophene rings is 1. The molecule has 0 amide bonds. The molecule has 0 atom stereocenters. The number of nitrogen functional groups attached to an aromatic ring is 1. The molecule has 1 aromatic heterocycles. The van der Waals surface area contributed by atoms with Crippen molar-refractivity contribution in [3.05, 3.63) is 17.0 Å². The van der Waals surface area contributed by atoms with Gasteiger partial charge in [0.05, 0.1) is 5.00 Å². The zero-order chi connectivity index (χ0) is 10.8. The van der Waals surface area contributed by atoms with Crippen LogP contribution in [0.5, 0.6) is 0 Å². The maximum atomic E-state index is 5.92. The van der Waals surface area contributed by atoms with Crippen LogP contribution in [0.15, 0.2) is 12.1 Å². The SMILES string of the molecule is Nc1ccc(C23CC4CC(CC(C4)C2)C3)s1. The van der Waals surface area contributed by atoms with E-state index in [0.29, 0.717) is 5.41 Å². The average molecular weight is 233 g/mol. The lowest BCUT2D eigenvalue weighted by molar-refractivity contribution is -0.00346. The third-order valence-electron chi connectivity index (χ3n) is 5.19. The van der Waals surface area contributed by atoms with Gasteiger partial charge < -0.3 is 5.73 Å². The first-order valence-corrected chi connectivity index (χ1v) is 7.41. The van der Waals surface area contributed by atoms with E-state index in [2.05, 4.69) is 12.1 Å². The van der Waals surface area contributed by atoms with Gasteiger partial charge in [0.1, 0.15) is 0 Å². The smallest absolute Gasteiger partial charge is 0.0859 e. The van der Waals surface area contributed by atoms with Crippen LogP contribution in [-0.2, 0) is 5.41 Å². The molecule has 1 nitrogen and oxygen atoms in total. The minimum atomic E-state index is 0.553. The Hall–Kier alpha value is -0.500. The summed E-state index contributed by atoms with van der Waals surface area (Å²) in [5.74, 6) is 3.11. The van der Waals surface area contributed by atoms with Gasteiger partial charge >= 0.3 is 0 Å². The van der Waals surface area contributed by atoms with Crippen LogP contribution in [0.2, 0.25) is 0 Å². The lowest BCUT2D eigenvalue weighted by Crippen LogP contribution is -2.48. The molecule has 0 aliphatic heterocycles. The van der Waals surface area contributed by atoms with Crippen molar-refractivity contribution in [1.29, 1.82) is 0 Å². The van der Waals surface area contributed by atoms with Gasteiger partial charge in [0.25, 0.3) is 0 Å². The summed E-state index contributed by atoms with van der Waals surface area (Å²) in [6, 6.07) is 4.42. The van der Waals surface area contributed by atoms with Crippen LogP contribution in [0, 0.1) is 17.8 Å². The molecule has 0 spiro atoms. The van der Waals surface area contributed by atoms with Gasteiger partial charge in [0.2, 0.25) is 0 Å². The van der Waals surface area contributed by atoms with E-state index >= 15 is 0 Å². The van der Waals surface area contributed by atoms with E-state index in [1.165, 1.54) is 38.5 Å². The molecule has 0 unspecified atom stereocenters. The van der Waals surface area contributed by atoms with Crippen LogP contribution in [0.3, 0.4) is 0 Å². The molecule has 0 aromatic carbocycles. The maximum absolute atomic E-state index is 5.92. The predicted octanol–water partition coefficient (Wildman–Crippen LogP) is 3.80. The van der Waals surface area contributed by atoms with Crippen molar-refractivity contribution < 1.29 is 0 Å². The van der Waals surface area contributed by atoms with E-state index < -0.39 is 0 Å². The van der Waals surface area contributed by atoms with E-state index in [4.69, 9.17) is 5.73 Å². The van der Waals surface area contributed by atoms with Crippen LogP contribution in [0.25, 0.3) is 0 Å². The number of hydrogen-bond acceptors (Lipinski definition) is 2. The Morgan fingerprint density at radius 1 is 1.00 bits per heavy atom. The van der Waals surface area contributed by atoms with Gasteiger partial charge in [-0.25, -0.2) is 0 Å². The first-order chi connectivity index (χ1) is 7.73. The lowest BCUT2D eigenvalue weighted by atomic mass is 9.49. The highest BCUT2D eigenvalue weighted by Gasteiger charge is 2.52. The molecule has 2 N–H and O–H groups in total. The standard InChI is InChI=1S/C14H19NS/c15-13-2-1-12(16-13)14-6-9-3-10(7-14)5-11(4-9)8-14/h1-2,9-11H,3-8,15H2. The van der Waals surface area contributed by atoms with E-state index in [-0.39, 0.29) is 0 Å². The van der Waals surface area contributed by atoms with Crippen molar-refractivity contribution in [1.82, 2.24) is 0 Å². The minimum absolute atomic E-state index is 0.553. The molecule has 0 saturated heterocycles. The summed E-state index contributed by atoms with van der Waals surface area (Å²) < 4.78 is 0. The Morgan fingerprint density at radius 3 is 2.00 bits per heavy atom. The first kappa shape index (κ1) is 9.52. The Labute approximate surface area is 101 Å². The Balaban J connectivity index is 1.76. The van der Waals surface area contributed by atoms with Crippen molar-refractivity contribution in [2.45, 2.75) is 43.9 Å². The fourth-order valence-electron chi connectivity index (χ4n) is 5.05. The van der Waals surface area contributed by atoms with Gasteiger partial charge in [-0.1, -0.05) is 0 Å². The van der Waals surface area contributed by atoms with Crippen LogP contribution in [0.4, 0.5) is 5.00 Å². The summed E-state index contributed by atoms with van der Waals surface area (Å²) in [5, 5.41) is 1.01. The Kier molecular flexibility index (Phi) is 1.81. The molecular weight excluding hydrogens is 214 g/mol. The summed E-state index contributed by atoms with van der Waals surface area (Å²) >= 11 is 1.85. The summed E-state index contributed by atoms with van der Waals surface area (Å²) in [6.45, 7) is 0. The molecule has 4 fully saturated rings. The molecule has 1 heterocycles. The third kappa shape index (κ3) is 1.22. The molecule has 2 heteroatoms. The molecule has 4 bridgehead atoms. The molecule has 4 saturated carbocycles.